The number of nitriles is 2. The van der Waals surface area contributed by atoms with Gasteiger partial charge in [-0.15, -0.1) is 11.3 Å². The first-order valence-corrected chi connectivity index (χ1v) is 31.0. The Morgan fingerprint density at radius 3 is 1.03 bits per heavy atom. The molecule has 0 radical (unpaired) electrons. The zero-order chi connectivity index (χ0) is 60.1. The zero-order valence-electron chi connectivity index (χ0n) is 48.7. The second-order valence-corrected chi connectivity index (χ2v) is 23.6. The zero-order valence-corrected chi connectivity index (χ0v) is 49.5. The third kappa shape index (κ3) is 8.92. The number of fused-ring (bicyclic) bond motifs is 7. The van der Waals surface area contributed by atoms with Crippen LogP contribution in [0.4, 0.5) is 0 Å². The average Bonchev–Trinajstić information content (AvgIpc) is 1.34. The van der Waals surface area contributed by atoms with Crippen LogP contribution in [-0.2, 0) is 0 Å². The van der Waals surface area contributed by atoms with Crippen molar-refractivity contribution >= 4 is 53.3 Å². The predicted octanol–water partition coefficient (Wildman–Crippen LogP) is 23.0. The van der Waals surface area contributed by atoms with Gasteiger partial charge in [-0.2, -0.15) is 10.5 Å². The molecule has 90 heavy (non-hydrogen) atoms. The van der Waals surface area contributed by atoms with E-state index in [1.54, 1.807) is 0 Å². The van der Waals surface area contributed by atoms with Gasteiger partial charge in [0, 0.05) is 58.8 Å². The number of rotatable bonds is 11. The maximum Gasteiger partial charge on any atom is 0.138 e. The van der Waals surface area contributed by atoms with Crippen LogP contribution in [0, 0.1) is 22.7 Å². The standard InChI is InChI=1S/C85H52N4S/c86-53-67-74(55-29-9-1-10-30-55)77(57-33-13-3-14-34-57)80(60-39-19-6-20-40-60)79(59-37-17-5-18-38-59)76(67)63-51-69(88-73(52-63)89-70-47-27-25-46-66(70)84-71(89)50-49-65-64-45-26-28-48-72(64)90-85(65)84)83-68(54-87)75(56-31-11-2-12-32-56)78(58-35-15-4-16-36-58)81(61-41-21-7-22-42-61)82(83)62-43-23-8-24-44-62/h1-52H. The molecule has 13 aromatic carbocycles. The van der Waals surface area contributed by atoms with E-state index in [1.807, 2.05) is 59.9 Å². The molecule has 418 valence electrons. The lowest BCUT2D eigenvalue weighted by molar-refractivity contribution is 1.08. The highest BCUT2D eigenvalue weighted by Crippen LogP contribution is 2.56. The average molecular weight is 1160 g/mol. The number of nitrogens with zero attached hydrogens (tertiary/aromatic N) is 4. The molecule has 0 saturated heterocycles. The van der Waals surface area contributed by atoms with Crippen LogP contribution in [0.2, 0.25) is 0 Å². The summed E-state index contributed by atoms with van der Waals surface area (Å²) in [4.78, 5) is 6.08. The predicted molar refractivity (Wildman–Crippen MR) is 375 cm³/mol. The molecule has 16 rings (SSSR count). The second-order valence-electron chi connectivity index (χ2n) is 22.5. The van der Waals surface area contributed by atoms with Crippen LogP contribution in [0.3, 0.4) is 0 Å². The molecule has 0 N–H and O–H groups in total. The van der Waals surface area contributed by atoms with E-state index in [2.05, 4.69) is 284 Å². The lowest BCUT2D eigenvalue weighted by Crippen LogP contribution is -2.06. The van der Waals surface area contributed by atoms with E-state index in [9.17, 15) is 10.5 Å². The van der Waals surface area contributed by atoms with Crippen molar-refractivity contribution in [3.05, 3.63) is 327 Å². The summed E-state index contributed by atoms with van der Waals surface area (Å²) in [7, 11) is 0. The fraction of sp³-hybridized carbons (Fsp3) is 0. The Labute approximate surface area is 526 Å². The van der Waals surface area contributed by atoms with Crippen molar-refractivity contribution in [2.24, 2.45) is 0 Å². The Morgan fingerprint density at radius 1 is 0.278 bits per heavy atom. The normalized spacial score (nSPS) is 11.3. The van der Waals surface area contributed by atoms with E-state index < -0.39 is 0 Å². The maximum atomic E-state index is 12.5. The molecule has 3 heterocycles. The molecule has 0 aliphatic heterocycles. The molecule has 0 aliphatic rings. The van der Waals surface area contributed by atoms with Crippen molar-refractivity contribution in [1.29, 1.82) is 10.5 Å². The molecule has 0 atom stereocenters. The first-order valence-electron chi connectivity index (χ1n) is 30.2. The van der Waals surface area contributed by atoms with Crippen LogP contribution in [0.5, 0.6) is 0 Å². The Bertz CT molecular complexity index is 5250. The number of thiophene rings is 1. The van der Waals surface area contributed by atoms with Gasteiger partial charge < -0.3 is 0 Å². The van der Waals surface area contributed by atoms with E-state index in [0.29, 0.717) is 28.2 Å². The maximum absolute atomic E-state index is 12.5. The summed E-state index contributed by atoms with van der Waals surface area (Å²) in [6.45, 7) is 0. The highest BCUT2D eigenvalue weighted by Gasteiger charge is 2.33. The number of hydrogen-bond donors (Lipinski definition) is 0. The topological polar surface area (TPSA) is 65.4 Å². The van der Waals surface area contributed by atoms with Crippen LogP contribution in [0.15, 0.2) is 315 Å². The molecule has 4 nitrogen and oxygen atoms in total. The Kier molecular flexibility index (Phi) is 13.5. The number of para-hydroxylation sites is 1. The van der Waals surface area contributed by atoms with Gasteiger partial charge >= 0.3 is 0 Å². The van der Waals surface area contributed by atoms with Crippen molar-refractivity contribution < 1.29 is 0 Å². The first kappa shape index (κ1) is 53.5. The van der Waals surface area contributed by atoms with Crippen molar-refractivity contribution in [1.82, 2.24) is 9.55 Å². The Morgan fingerprint density at radius 2 is 0.611 bits per heavy atom. The summed E-state index contributed by atoms with van der Waals surface area (Å²) < 4.78 is 4.73. The van der Waals surface area contributed by atoms with Gasteiger partial charge in [-0.25, -0.2) is 4.98 Å². The van der Waals surface area contributed by atoms with Gasteiger partial charge in [0.1, 0.15) is 18.0 Å². The van der Waals surface area contributed by atoms with Crippen molar-refractivity contribution in [3.63, 3.8) is 0 Å². The molecule has 5 heteroatoms. The molecule has 0 bridgehead atoms. The van der Waals surface area contributed by atoms with E-state index in [4.69, 9.17) is 4.98 Å². The molecule has 0 amide bonds. The van der Waals surface area contributed by atoms with E-state index in [-0.39, 0.29) is 0 Å². The summed E-state index contributed by atoms with van der Waals surface area (Å²) >= 11 is 1.81. The lowest BCUT2D eigenvalue weighted by Gasteiger charge is -2.28. The van der Waals surface area contributed by atoms with E-state index >= 15 is 0 Å². The Balaban J connectivity index is 1.16. The SMILES string of the molecule is N#Cc1c(-c2ccccc2)c(-c2ccccc2)c(-c2ccccc2)c(-c2ccccc2)c1-c1cc(-c2c(C#N)c(-c3ccccc3)c(-c3ccccc3)c(-c3ccccc3)c2-c2ccccc2)nc(-n2c3ccccc3c3c4sc5ccccc5c4ccc32)c1. The largest absolute Gasteiger partial charge is 0.294 e. The second kappa shape index (κ2) is 22.7. The first-order chi connectivity index (χ1) is 44.6. The monoisotopic (exact) mass is 1160 g/mol. The fourth-order valence-electron chi connectivity index (χ4n) is 13.8. The van der Waals surface area contributed by atoms with Crippen molar-refractivity contribution in [3.8, 4) is 129 Å². The van der Waals surface area contributed by atoms with Crippen LogP contribution >= 0.6 is 11.3 Å². The molecule has 0 aliphatic carbocycles. The van der Waals surface area contributed by atoms with Crippen LogP contribution in [-0.4, -0.2) is 9.55 Å². The molecule has 16 aromatic rings. The van der Waals surface area contributed by atoms with Gasteiger partial charge in [0.2, 0.25) is 0 Å². The van der Waals surface area contributed by atoms with Gasteiger partial charge in [0.25, 0.3) is 0 Å². The third-order valence-electron chi connectivity index (χ3n) is 17.5. The molecule has 0 fully saturated rings. The van der Waals surface area contributed by atoms with Crippen LogP contribution in [0.1, 0.15) is 11.1 Å². The molecular weight excluding hydrogens is 1110 g/mol. The van der Waals surface area contributed by atoms with Gasteiger partial charge in [0.05, 0.1) is 27.9 Å². The molecule has 3 aromatic heterocycles. The summed E-state index contributed by atoms with van der Waals surface area (Å²) in [6.07, 6.45) is 0. The molecule has 0 spiro atoms. The van der Waals surface area contributed by atoms with Crippen molar-refractivity contribution in [2.45, 2.75) is 0 Å². The third-order valence-corrected chi connectivity index (χ3v) is 18.7. The van der Waals surface area contributed by atoms with E-state index in [1.165, 1.54) is 20.2 Å². The smallest absolute Gasteiger partial charge is 0.138 e. The number of hydrogen-bond acceptors (Lipinski definition) is 4. The van der Waals surface area contributed by atoms with Crippen LogP contribution in [0.25, 0.3) is 159 Å². The van der Waals surface area contributed by atoms with Crippen molar-refractivity contribution in [2.75, 3.05) is 0 Å². The fourth-order valence-corrected chi connectivity index (χ4v) is 15.1. The quantitative estimate of drug-likeness (QED) is 0.130. The number of pyridine rings is 1. The summed E-state index contributed by atoms with van der Waals surface area (Å²) in [6, 6.07) is 116. The highest BCUT2D eigenvalue weighted by atomic mass is 32.1. The van der Waals surface area contributed by atoms with Crippen LogP contribution < -0.4 is 0 Å². The summed E-state index contributed by atoms with van der Waals surface area (Å²) in [5.41, 5.74) is 20.5. The van der Waals surface area contributed by atoms with Gasteiger partial charge in [-0.3, -0.25) is 4.57 Å². The minimum absolute atomic E-state index is 0.474. The number of aromatic nitrogens is 2. The van der Waals surface area contributed by atoms with E-state index in [0.717, 1.165) is 122 Å². The van der Waals surface area contributed by atoms with Gasteiger partial charge in [0.15, 0.2) is 0 Å². The summed E-state index contributed by atoms with van der Waals surface area (Å²) in [5, 5.41) is 29.7. The Hall–Kier alpha value is -12.0. The van der Waals surface area contributed by atoms with Gasteiger partial charge in [-0.1, -0.05) is 285 Å². The molecular formula is C85H52N4S. The molecule has 0 unspecified atom stereocenters. The molecule has 0 saturated carbocycles. The highest BCUT2D eigenvalue weighted by molar-refractivity contribution is 7.26. The summed E-state index contributed by atoms with van der Waals surface area (Å²) in [5.74, 6) is 0.629. The number of benzene rings is 13. The van der Waals surface area contributed by atoms with Gasteiger partial charge in [-0.05, 0) is 108 Å². The minimum atomic E-state index is 0.474. The lowest BCUT2D eigenvalue weighted by atomic mass is 9.75. The minimum Gasteiger partial charge on any atom is -0.294 e.